The number of nitrogens with one attached hydrogen (secondary N) is 2. The van der Waals surface area contributed by atoms with Crippen LogP contribution in [0.2, 0.25) is 0 Å². The number of guanidine groups is 1. The van der Waals surface area contributed by atoms with Crippen LogP contribution in [0, 0.1) is 0 Å². The van der Waals surface area contributed by atoms with E-state index in [1.807, 2.05) is 20.8 Å². The summed E-state index contributed by atoms with van der Waals surface area (Å²) in [5.41, 5.74) is -0.275. The van der Waals surface area contributed by atoms with Gasteiger partial charge in [-0.3, -0.25) is 9.38 Å². The van der Waals surface area contributed by atoms with Crippen molar-refractivity contribution in [1.82, 2.24) is 10.6 Å². The molecular weight excluding hydrogens is 336 g/mol. The average Bonchev–Trinajstić information content (AvgIpc) is 2.26. The van der Waals surface area contributed by atoms with Gasteiger partial charge in [0, 0.05) is 20.2 Å². The lowest BCUT2D eigenvalue weighted by Crippen LogP contribution is -2.39. The number of aliphatic imine (C=N–C) groups is 1. The van der Waals surface area contributed by atoms with Gasteiger partial charge in [-0.1, -0.05) is 0 Å². The summed E-state index contributed by atoms with van der Waals surface area (Å²) in [4.78, 5) is 4.37. The quantitative estimate of drug-likeness (QED) is 0.315. The Balaban J connectivity index is 0. The van der Waals surface area contributed by atoms with Crippen LogP contribution in [-0.4, -0.2) is 45.0 Å². The Morgan fingerprint density at radius 2 is 2.00 bits per heavy atom. The summed E-state index contributed by atoms with van der Waals surface area (Å²) in [7, 11) is 1.67. The molecule has 0 aromatic rings. The summed E-state index contributed by atoms with van der Waals surface area (Å²) < 4.78 is 17.2. The molecule has 0 fully saturated rings. The maximum atomic E-state index is 11.9. The molecule has 0 saturated heterocycles. The minimum absolute atomic E-state index is 0. The lowest BCUT2D eigenvalue weighted by molar-refractivity contribution is 0.0310. The summed E-state index contributed by atoms with van der Waals surface area (Å²) in [5, 5.41) is 6.16. The Morgan fingerprint density at radius 3 is 2.47 bits per heavy atom. The second kappa shape index (κ2) is 11.0. The first-order valence-electron chi connectivity index (χ1n) is 5.69. The van der Waals surface area contributed by atoms with Crippen LogP contribution >= 0.6 is 24.0 Å². The number of hydrogen-bond donors (Lipinski definition) is 2. The molecule has 17 heavy (non-hydrogen) atoms. The molecule has 0 heterocycles. The van der Waals surface area contributed by atoms with Crippen molar-refractivity contribution in [2.75, 3.05) is 33.4 Å². The fourth-order valence-electron chi connectivity index (χ4n) is 0.949. The summed E-state index contributed by atoms with van der Waals surface area (Å²) in [5.74, 6) is 0.709. The summed E-state index contributed by atoms with van der Waals surface area (Å²) in [6.07, 6.45) is 0.498. The number of ether oxygens (including phenoxy) is 1. The highest BCUT2D eigenvalue weighted by molar-refractivity contribution is 14.0. The Kier molecular flexibility index (Phi) is 12.5. The lowest BCUT2D eigenvalue weighted by Gasteiger charge is -2.21. The van der Waals surface area contributed by atoms with E-state index in [0.29, 0.717) is 25.5 Å². The van der Waals surface area contributed by atoms with E-state index < -0.39 is 0 Å². The van der Waals surface area contributed by atoms with Gasteiger partial charge in [0.05, 0.1) is 18.8 Å². The van der Waals surface area contributed by atoms with Crippen LogP contribution in [0.4, 0.5) is 4.39 Å². The van der Waals surface area contributed by atoms with Crippen LogP contribution in [0.25, 0.3) is 0 Å². The van der Waals surface area contributed by atoms with Crippen molar-refractivity contribution in [3.8, 4) is 0 Å². The maximum absolute atomic E-state index is 11.9. The second-order valence-corrected chi connectivity index (χ2v) is 4.13. The third kappa shape index (κ3) is 10.7. The van der Waals surface area contributed by atoms with E-state index in [-0.39, 0.29) is 36.3 Å². The van der Waals surface area contributed by atoms with Crippen molar-refractivity contribution in [3.05, 3.63) is 0 Å². The molecule has 6 heteroatoms. The Bertz CT molecular complexity index is 213. The lowest BCUT2D eigenvalue weighted by atomic mass is 10.1. The highest BCUT2D eigenvalue weighted by atomic mass is 127. The third-order valence-corrected chi connectivity index (χ3v) is 2.12. The largest absolute Gasteiger partial charge is 0.377 e. The first-order valence-corrected chi connectivity index (χ1v) is 5.69. The van der Waals surface area contributed by atoms with Crippen molar-refractivity contribution in [1.29, 1.82) is 0 Å². The van der Waals surface area contributed by atoms with Gasteiger partial charge in [-0.25, -0.2) is 0 Å². The number of nitrogens with zero attached hydrogens (tertiary/aromatic N) is 1. The average molecular weight is 361 g/mol. The van der Waals surface area contributed by atoms with Gasteiger partial charge in [0.2, 0.25) is 0 Å². The molecule has 4 nitrogen and oxygen atoms in total. The van der Waals surface area contributed by atoms with Gasteiger partial charge in [0.15, 0.2) is 5.96 Å². The van der Waals surface area contributed by atoms with E-state index in [1.165, 1.54) is 0 Å². The fraction of sp³-hybridized carbons (Fsp3) is 0.909. The first-order chi connectivity index (χ1) is 7.55. The van der Waals surface area contributed by atoms with Crippen LogP contribution in [0.15, 0.2) is 4.99 Å². The smallest absolute Gasteiger partial charge is 0.191 e. The normalized spacial score (nSPS) is 11.9. The summed E-state index contributed by atoms with van der Waals surface area (Å²) in [6.45, 7) is 7.58. The fourth-order valence-corrected chi connectivity index (χ4v) is 0.949. The number of alkyl halides is 1. The number of hydrogen-bond acceptors (Lipinski definition) is 2. The highest BCUT2D eigenvalue weighted by Crippen LogP contribution is 2.06. The van der Waals surface area contributed by atoms with Crippen molar-refractivity contribution in [2.45, 2.75) is 32.8 Å². The van der Waals surface area contributed by atoms with Crippen molar-refractivity contribution in [2.24, 2.45) is 4.99 Å². The van der Waals surface area contributed by atoms with E-state index >= 15 is 0 Å². The van der Waals surface area contributed by atoms with Gasteiger partial charge < -0.3 is 15.4 Å². The molecule has 2 N–H and O–H groups in total. The maximum Gasteiger partial charge on any atom is 0.191 e. The first kappa shape index (κ1) is 19.2. The molecule has 104 valence electrons. The minimum atomic E-state index is -0.310. The van der Waals surface area contributed by atoms with Crippen LogP contribution in [0.3, 0.4) is 0 Å². The summed E-state index contributed by atoms with van der Waals surface area (Å²) in [6, 6.07) is 0. The molecule has 0 rings (SSSR count). The molecule has 0 bridgehead atoms. The minimum Gasteiger partial charge on any atom is -0.377 e. The zero-order valence-corrected chi connectivity index (χ0v) is 13.5. The number of halogens is 2. The number of methoxy groups -OCH3 is 1. The van der Waals surface area contributed by atoms with Gasteiger partial charge in [-0.2, -0.15) is 0 Å². The Morgan fingerprint density at radius 1 is 1.35 bits per heavy atom. The predicted octanol–water partition coefficient (Wildman–Crippen LogP) is 1.94. The topological polar surface area (TPSA) is 45.7 Å². The zero-order valence-electron chi connectivity index (χ0n) is 11.2. The molecule has 0 unspecified atom stereocenters. The molecule has 0 radical (unpaired) electrons. The van der Waals surface area contributed by atoms with Crippen molar-refractivity contribution in [3.63, 3.8) is 0 Å². The highest BCUT2D eigenvalue weighted by Gasteiger charge is 2.15. The SMILES string of the molecule is CCNC(=NCC(C)(C)OC)NCCCF.I. The molecule has 0 atom stereocenters. The molecule has 0 aliphatic rings. The molecule has 0 spiro atoms. The van der Waals surface area contributed by atoms with Gasteiger partial charge in [0.25, 0.3) is 0 Å². The van der Waals surface area contributed by atoms with Gasteiger partial charge >= 0.3 is 0 Å². The van der Waals surface area contributed by atoms with E-state index in [9.17, 15) is 4.39 Å². The molecule has 0 amide bonds. The Labute approximate surface area is 121 Å². The molecular formula is C11H25FIN3O. The Hall–Kier alpha value is -0.110. The third-order valence-electron chi connectivity index (χ3n) is 2.12. The monoisotopic (exact) mass is 361 g/mol. The van der Waals surface area contributed by atoms with E-state index in [2.05, 4.69) is 15.6 Å². The predicted molar refractivity (Wildman–Crippen MR) is 81.1 cm³/mol. The second-order valence-electron chi connectivity index (χ2n) is 4.13. The number of rotatable bonds is 7. The van der Waals surface area contributed by atoms with Gasteiger partial charge in [0.1, 0.15) is 0 Å². The van der Waals surface area contributed by atoms with Crippen molar-refractivity contribution >= 4 is 29.9 Å². The molecule has 0 saturated carbocycles. The summed E-state index contributed by atoms with van der Waals surface area (Å²) >= 11 is 0. The van der Waals surface area contributed by atoms with Crippen LogP contribution < -0.4 is 10.6 Å². The van der Waals surface area contributed by atoms with Gasteiger partial charge in [-0.05, 0) is 27.2 Å². The van der Waals surface area contributed by atoms with E-state index in [0.717, 1.165) is 6.54 Å². The van der Waals surface area contributed by atoms with Gasteiger partial charge in [-0.15, -0.1) is 24.0 Å². The van der Waals surface area contributed by atoms with Crippen LogP contribution in [0.1, 0.15) is 27.2 Å². The van der Waals surface area contributed by atoms with E-state index in [4.69, 9.17) is 4.74 Å². The molecule has 0 aliphatic heterocycles. The van der Waals surface area contributed by atoms with Crippen LogP contribution in [-0.2, 0) is 4.74 Å². The van der Waals surface area contributed by atoms with E-state index in [1.54, 1.807) is 7.11 Å². The molecule has 0 aromatic carbocycles. The molecule has 0 aromatic heterocycles. The standard InChI is InChI=1S/C11H24FN3O.HI/c1-5-13-10(14-8-6-7-12)15-9-11(2,3)16-4;/h5-9H2,1-4H3,(H2,13,14,15);1H. The molecule has 0 aliphatic carbocycles. The van der Waals surface area contributed by atoms with Crippen LogP contribution in [0.5, 0.6) is 0 Å². The zero-order chi connectivity index (χ0) is 12.4. The van der Waals surface area contributed by atoms with Crippen molar-refractivity contribution < 1.29 is 9.13 Å².